The molecule has 0 radical (unpaired) electrons. The van der Waals surface area contributed by atoms with Crippen LogP contribution >= 0.6 is 0 Å². The maximum absolute atomic E-state index is 12.1. The number of anilines is 1. The van der Waals surface area contributed by atoms with Crippen LogP contribution in [0, 0.1) is 0 Å². The van der Waals surface area contributed by atoms with E-state index in [9.17, 15) is 13.5 Å². The summed E-state index contributed by atoms with van der Waals surface area (Å²) in [5, 5.41) is 9.54. The molecule has 2 N–H and O–H groups in total. The van der Waals surface area contributed by atoms with Crippen LogP contribution in [0.2, 0.25) is 0 Å². The predicted molar refractivity (Wildman–Crippen MR) is 78.2 cm³/mol. The molecule has 2 rings (SSSR count). The van der Waals surface area contributed by atoms with Gasteiger partial charge in [0.25, 0.3) is 0 Å². The van der Waals surface area contributed by atoms with Crippen molar-refractivity contribution in [3.05, 3.63) is 54.2 Å². The largest absolute Gasteiger partial charge is 0.504 e. The predicted octanol–water partition coefficient (Wildman–Crippen LogP) is 2.33. The summed E-state index contributed by atoms with van der Waals surface area (Å²) in [5.41, 5.74) is 0.947. The molecule has 6 heteroatoms. The minimum Gasteiger partial charge on any atom is -0.504 e. The monoisotopic (exact) mass is 292 g/mol. The van der Waals surface area contributed by atoms with Gasteiger partial charge in [-0.25, -0.2) is 13.4 Å². The lowest BCUT2D eigenvalue weighted by Crippen LogP contribution is -2.21. The highest BCUT2D eigenvalue weighted by Crippen LogP contribution is 2.22. The molecule has 0 aliphatic rings. The molecule has 106 valence electrons. The molecule has 0 amide bonds. The highest BCUT2D eigenvalue weighted by atomic mass is 32.2. The molecule has 1 unspecified atom stereocenters. The molecule has 5 nitrogen and oxygen atoms in total. The second-order valence-electron chi connectivity index (χ2n) is 4.57. The number of aromatic hydroxyl groups is 1. The first-order valence-corrected chi connectivity index (χ1v) is 7.82. The van der Waals surface area contributed by atoms with Crippen molar-refractivity contribution in [3.8, 4) is 5.75 Å². The van der Waals surface area contributed by atoms with Gasteiger partial charge >= 0.3 is 0 Å². The number of nitrogens with zero attached hydrogens (tertiary/aromatic N) is 1. The number of pyridine rings is 1. The summed E-state index contributed by atoms with van der Waals surface area (Å²) < 4.78 is 26.4. The first kappa shape index (κ1) is 14.3. The third-order valence-electron chi connectivity index (χ3n) is 2.88. The number of sulfonamides is 1. The zero-order valence-electron chi connectivity index (χ0n) is 11.0. The number of rotatable bonds is 5. The van der Waals surface area contributed by atoms with E-state index in [1.807, 2.05) is 37.3 Å². The van der Waals surface area contributed by atoms with Crippen LogP contribution in [0.1, 0.15) is 18.4 Å². The Kier molecular flexibility index (Phi) is 4.24. The van der Waals surface area contributed by atoms with Crippen molar-refractivity contribution in [1.82, 2.24) is 4.98 Å². The van der Waals surface area contributed by atoms with Crippen LogP contribution in [0.3, 0.4) is 0 Å². The van der Waals surface area contributed by atoms with Gasteiger partial charge in [-0.15, -0.1) is 0 Å². The second kappa shape index (κ2) is 5.92. The van der Waals surface area contributed by atoms with Crippen LogP contribution < -0.4 is 4.72 Å². The maximum Gasteiger partial charge on any atom is 0.234 e. The number of nitrogens with one attached hydrogen (secondary N) is 1. The lowest BCUT2D eigenvalue weighted by atomic mass is 10.0. The van der Waals surface area contributed by atoms with Crippen LogP contribution in [0.25, 0.3) is 0 Å². The summed E-state index contributed by atoms with van der Waals surface area (Å²) >= 11 is 0. The van der Waals surface area contributed by atoms with Gasteiger partial charge in [0.15, 0.2) is 11.6 Å². The summed E-state index contributed by atoms with van der Waals surface area (Å²) in [4.78, 5) is 3.80. The molecule has 1 atom stereocenters. The van der Waals surface area contributed by atoms with E-state index in [2.05, 4.69) is 9.71 Å². The van der Waals surface area contributed by atoms with Gasteiger partial charge in [-0.3, -0.25) is 4.72 Å². The van der Waals surface area contributed by atoms with Gasteiger partial charge in [-0.2, -0.15) is 0 Å². The minimum absolute atomic E-state index is 0.0484. The molecule has 20 heavy (non-hydrogen) atoms. The summed E-state index contributed by atoms with van der Waals surface area (Å²) in [7, 11) is -3.58. The Morgan fingerprint density at radius 1 is 1.20 bits per heavy atom. The van der Waals surface area contributed by atoms with Crippen LogP contribution in [0.15, 0.2) is 48.7 Å². The Bertz CT molecular complexity index is 672. The molecule has 0 spiro atoms. The third-order valence-corrected chi connectivity index (χ3v) is 4.32. The van der Waals surface area contributed by atoms with E-state index in [0.29, 0.717) is 0 Å². The first-order valence-electron chi connectivity index (χ1n) is 6.17. The van der Waals surface area contributed by atoms with Crippen molar-refractivity contribution < 1.29 is 13.5 Å². The highest BCUT2D eigenvalue weighted by Gasteiger charge is 2.18. The number of benzene rings is 1. The van der Waals surface area contributed by atoms with Gasteiger partial charge in [0.2, 0.25) is 10.0 Å². The van der Waals surface area contributed by atoms with Crippen LogP contribution in [0.4, 0.5) is 5.82 Å². The van der Waals surface area contributed by atoms with Gasteiger partial charge < -0.3 is 5.11 Å². The first-order chi connectivity index (χ1) is 9.48. The summed E-state index contributed by atoms with van der Waals surface area (Å²) in [6.07, 6.45) is 1.41. The molecule has 0 bridgehead atoms. The van der Waals surface area contributed by atoms with E-state index in [1.54, 1.807) is 0 Å². The molecule has 0 saturated heterocycles. The van der Waals surface area contributed by atoms with E-state index < -0.39 is 10.0 Å². The lowest BCUT2D eigenvalue weighted by molar-refractivity contribution is 0.475. The summed E-state index contributed by atoms with van der Waals surface area (Å²) in [6, 6.07) is 12.3. The van der Waals surface area contributed by atoms with Crippen molar-refractivity contribution in [2.75, 3.05) is 10.5 Å². The zero-order chi connectivity index (χ0) is 14.6. The van der Waals surface area contributed by atoms with Crippen LogP contribution in [-0.4, -0.2) is 24.3 Å². The smallest absolute Gasteiger partial charge is 0.234 e. The van der Waals surface area contributed by atoms with Gasteiger partial charge in [0, 0.05) is 6.20 Å². The quantitative estimate of drug-likeness (QED) is 0.886. The molecule has 0 saturated carbocycles. The Balaban J connectivity index is 2.10. The fraction of sp³-hybridized carbons (Fsp3) is 0.214. The topological polar surface area (TPSA) is 79.3 Å². The van der Waals surface area contributed by atoms with Crippen molar-refractivity contribution in [3.63, 3.8) is 0 Å². The fourth-order valence-electron chi connectivity index (χ4n) is 1.87. The Morgan fingerprint density at radius 3 is 2.55 bits per heavy atom. The molecule has 0 aliphatic heterocycles. The molecule has 0 fully saturated rings. The Morgan fingerprint density at radius 2 is 1.90 bits per heavy atom. The van der Waals surface area contributed by atoms with Gasteiger partial charge in [0.1, 0.15) is 0 Å². The average molecular weight is 292 g/mol. The van der Waals surface area contributed by atoms with Crippen molar-refractivity contribution >= 4 is 15.8 Å². The molecule has 1 aromatic carbocycles. The fourth-order valence-corrected chi connectivity index (χ4v) is 3.26. The second-order valence-corrected chi connectivity index (χ2v) is 6.33. The molecular weight excluding hydrogens is 276 g/mol. The Labute approximate surface area is 118 Å². The Hall–Kier alpha value is -2.08. The summed E-state index contributed by atoms with van der Waals surface area (Å²) in [5.74, 6) is -0.469. The summed E-state index contributed by atoms with van der Waals surface area (Å²) in [6.45, 7) is 1.84. The van der Waals surface area contributed by atoms with Crippen molar-refractivity contribution in [2.45, 2.75) is 12.8 Å². The highest BCUT2D eigenvalue weighted by molar-refractivity contribution is 7.92. The van der Waals surface area contributed by atoms with Crippen LogP contribution in [-0.2, 0) is 10.0 Å². The zero-order valence-corrected chi connectivity index (χ0v) is 11.8. The number of hydrogen-bond acceptors (Lipinski definition) is 4. The molecule has 1 heterocycles. The van der Waals surface area contributed by atoms with E-state index >= 15 is 0 Å². The molecule has 2 aromatic rings. The standard InChI is InChI=1S/C14H16N2O3S/c1-11(12-6-3-2-4-7-12)10-20(18,19)16-14-13(17)8-5-9-15-14/h2-9,11,17H,10H2,1H3,(H,15,16). The average Bonchev–Trinajstić information content (AvgIpc) is 2.41. The number of hydrogen-bond donors (Lipinski definition) is 2. The van der Waals surface area contributed by atoms with E-state index in [4.69, 9.17) is 0 Å². The van der Waals surface area contributed by atoms with E-state index in [1.165, 1.54) is 18.3 Å². The van der Waals surface area contributed by atoms with Gasteiger partial charge in [-0.1, -0.05) is 37.3 Å². The molecule has 0 aliphatic carbocycles. The van der Waals surface area contributed by atoms with Gasteiger partial charge in [-0.05, 0) is 23.6 Å². The van der Waals surface area contributed by atoms with Gasteiger partial charge in [0.05, 0.1) is 5.75 Å². The molecular formula is C14H16N2O3S. The minimum atomic E-state index is -3.58. The lowest BCUT2D eigenvalue weighted by Gasteiger charge is -2.13. The van der Waals surface area contributed by atoms with Crippen LogP contribution in [0.5, 0.6) is 5.75 Å². The van der Waals surface area contributed by atoms with E-state index in [-0.39, 0.29) is 23.2 Å². The van der Waals surface area contributed by atoms with Crippen molar-refractivity contribution in [2.24, 2.45) is 0 Å². The SMILES string of the molecule is CC(CS(=O)(=O)Nc1ncccc1O)c1ccccc1. The van der Waals surface area contributed by atoms with E-state index in [0.717, 1.165) is 5.56 Å². The number of aromatic nitrogens is 1. The third kappa shape index (κ3) is 3.71. The van der Waals surface area contributed by atoms with Crippen molar-refractivity contribution in [1.29, 1.82) is 0 Å². The normalized spacial score (nSPS) is 12.8. The molecule has 1 aromatic heterocycles. The maximum atomic E-state index is 12.1.